The summed E-state index contributed by atoms with van der Waals surface area (Å²) in [4.78, 5) is 64.1. The van der Waals surface area contributed by atoms with Crippen LogP contribution in [0.25, 0.3) is 0 Å². The van der Waals surface area contributed by atoms with E-state index in [2.05, 4.69) is 60.7 Å². The molecule has 0 heterocycles. The van der Waals surface area contributed by atoms with Crippen molar-refractivity contribution in [2.24, 2.45) is 28.6 Å². The molecule has 9 fully saturated rings. The van der Waals surface area contributed by atoms with Crippen molar-refractivity contribution in [3.63, 3.8) is 0 Å². The van der Waals surface area contributed by atoms with Gasteiger partial charge in [0.05, 0.1) is 147 Å². The van der Waals surface area contributed by atoms with E-state index < -0.39 is 36.4 Å². The van der Waals surface area contributed by atoms with Crippen molar-refractivity contribution >= 4 is 29.5 Å². The number of carbonyl (C=O) groups is 5. The average molecular weight is 2010 g/mol. The van der Waals surface area contributed by atoms with Crippen molar-refractivity contribution in [3.8, 4) is 24.3 Å². The van der Waals surface area contributed by atoms with Gasteiger partial charge in [0.25, 0.3) is 0 Å². The van der Waals surface area contributed by atoms with Crippen LogP contribution in [0.1, 0.15) is 421 Å². The van der Waals surface area contributed by atoms with Crippen LogP contribution >= 0.6 is 0 Å². The number of ketones is 1. The van der Waals surface area contributed by atoms with Gasteiger partial charge in [-0.15, -0.1) is 0 Å². The van der Waals surface area contributed by atoms with Crippen LogP contribution in [-0.2, 0) is 40.2 Å². The molecular weight excluding hydrogens is 1820 g/mol. The predicted molar refractivity (Wildman–Crippen MR) is 571 cm³/mol. The first-order chi connectivity index (χ1) is 67.5. The first kappa shape index (κ1) is 131. The minimum atomic E-state index is -0.667. The molecule has 5 N–H and O–H groups in total. The summed E-state index contributed by atoms with van der Waals surface area (Å²) in [6.45, 7) is 2.81. The van der Waals surface area contributed by atoms with Gasteiger partial charge in [0.2, 0.25) is 11.8 Å². The van der Waals surface area contributed by atoms with Crippen LogP contribution in [0.4, 0.5) is 0 Å². The minimum absolute atomic E-state index is 0. The number of carboxylic acids is 2. The molecule has 25 heteroatoms. The van der Waals surface area contributed by atoms with Gasteiger partial charge in [-0.05, 0) is 173 Å². The molecule has 800 valence electrons. The molecule has 0 unspecified atom stereocenters. The maximum absolute atomic E-state index is 13.6. The summed E-state index contributed by atoms with van der Waals surface area (Å²) >= 11 is 0. The molecule has 24 nitrogen and oxygen atoms in total. The van der Waals surface area contributed by atoms with Crippen molar-refractivity contribution in [1.82, 2.24) is 9.80 Å². The Kier molecular flexibility index (Phi) is 66.6. The molecule has 0 radical (unpaired) electrons. The van der Waals surface area contributed by atoms with Gasteiger partial charge >= 0.3 is 63.3 Å². The largest absolute Gasteiger partial charge is 1.00 e. The van der Waals surface area contributed by atoms with Crippen molar-refractivity contribution < 1.29 is 120 Å². The first-order valence-corrected chi connectivity index (χ1v) is 55.9. The standard InChI is InChI=1S/C24H47N3O3.C24H41N3O3.C17H20N2.C16H28O2.C16H22O2.C11H14N2.C8H14O.C2H6O2.K.H2O/c2*1-26(2,29)19-17-25(18-20-27(3,4)30)23(28)21-24(22-13-9-8-10-14-22)15-11-6-5-7-12-16-24;18-13-16(14-19)17(15-9-5-4-6-10-15)11-7-2-1-3-8-12-17;2*17-15(18)13-16(14-9-5-4-6-10-14)11-7-2-1-3-8-12-16;12-8-11(9-13)10-6-4-2-1-3-5-7-10;9-8-6-4-2-1-3-5-7-8;3-1-2-4;;/h22H,5-21H2,1-4H3;8-10,13-14H,5-7,11-12,15-21H2,1-4H3;4-6,9-10,16H,1-3,7-8,11-12H2;14H,1-13H2,(H,17,18);4-6,9-10H,1-3,7-8,11-13H2,(H,17,18);1-7H2;1-7H2;3-4H,1-2H2;;1H2/q;;;;;;;;+1;/p-1. The van der Waals surface area contributed by atoms with Crippen LogP contribution in [-0.4, -0.2) is 206 Å². The molecule has 0 saturated heterocycles. The Bertz CT molecular complexity index is 4020. The van der Waals surface area contributed by atoms with Crippen molar-refractivity contribution in [3.05, 3.63) is 140 Å². The van der Waals surface area contributed by atoms with E-state index >= 15 is 0 Å². The smallest absolute Gasteiger partial charge is 0.870 e. The average Bonchev–Trinajstić information content (AvgIpc) is 0.814. The van der Waals surface area contributed by atoms with E-state index in [1.165, 1.54) is 267 Å². The summed E-state index contributed by atoms with van der Waals surface area (Å²) in [7, 11) is 12.9. The van der Waals surface area contributed by atoms with Gasteiger partial charge in [-0.3, -0.25) is 24.0 Å². The number of nitriles is 4. The van der Waals surface area contributed by atoms with E-state index in [1.54, 1.807) is 61.3 Å². The van der Waals surface area contributed by atoms with Crippen LogP contribution in [0.2, 0.25) is 0 Å². The van der Waals surface area contributed by atoms with Gasteiger partial charge < -0.3 is 75.1 Å². The number of amides is 2. The molecule has 0 atom stereocenters. The summed E-state index contributed by atoms with van der Waals surface area (Å²) in [5, 5.41) is 119. The van der Waals surface area contributed by atoms with Gasteiger partial charge in [-0.2, -0.15) is 21.0 Å². The van der Waals surface area contributed by atoms with E-state index in [0.717, 1.165) is 134 Å². The molecule has 12 rings (SSSR count). The number of allylic oxidation sites excluding steroid dienone is 2. The Morgan fingerprint density at radius 3 is 0.888 bits per heavy atom. The fourth-order valence-electron chi connectivity index (χ4n) is 24.0. The second kappa shape index (κ2) is 72.5. The van der Waals surface area contributed by atoms with Crippen LogP contribution in [0.3, 0.4) is 0 Å². The van der Waals surface area contributed by atoms with Gasteiger partial charge in [-0.1, -0.05) is 329 Å². The number of Topliss-reactive ketones (excluding diaryl/α,β-unsaturated/α-hetero) is 1. The SMILES string of the molecule is C[N+](C)([O-])CCN(CC[N+](C)(C)[O-])C(=O)CC1(C2CCCCC2)CCCCCCC1.C[N+](C)([O-])CCN(CC[N+](C)(C)[O-])C(=O)CC1(c2ccccc2)CCCCCCC1.N#CC(C#N)=C1CCCCCCC1.N#CC(C#N)C1(c2ccccc2)CCCCCCC1.O=C(O)CC1(C2CCCCC2)CCCCCCC1.O=C(O)CC1(c2ccccc2)CCCCCCC1.O=C1CCCCCCC1.OCCO.[K+].[OH-]. The third-order valence-electron chi connectivity index (χ3n) is 32.3. The van der Waals surface area contributed by atoms with Gasteiger partial charge in [0, 0.05) is 41.9 Å². The molecule has 2 amide bonds. The third kappa shape index (κ3) is 52.9. The van der Waals surface area contributed by atoms with Gasteiger partial charge in [0.1, 0.15) is 29.4 Å². The van der Waals surface area contributed by atoms with Crippen LogP contribution in [0.15, 0.2) is 102 Å². The second-order valence-corrected chi connectivity index (χ2v) is 45.4. The second-order valence-electron chi connectivity index (χ2n) is 45.4. The fraction of sp³-hybridized carbons (Fsp3) is 0.754. The number of nitrogens with zero attached hydrogens (tertiary/aromatic N) is 10. The van der Waals surface area contributed by atoms with Crippen LogP contribution in [0, 0.1) is 94.7 Å². The van der Waals surface area contributed by atoms with Gasteiger partial charge in [-0.25, -0.2) is 0 Å². The molecule has 9 aliphatic carbocycles. The molecule has 9 aliphatic rings. The number of aliphatic hydroxyl groups is 2. The Morgan fingerprint density at radius 1 is 0.350 bits per heavy atom. The number of carbonyl (C=O) groups excluding carboxylic acids is 3. The Morgan fingerprint density at radius 2 is 0.601 bits per heavy atom. The number of rotatable bonds is 27. The topological polar surface area (TPSA) is 390 Å². The zero-order chi connectivity index (χ0) is 103. The van der Waals surface area contributed by atoms with Crippen molar-refractivity contribution in [2.75, 3.05) is 122 Å². The molecule has 0 spiro atoms. The van der Waals surface area contributed by atoms with E-state index in [9.17, 15) is 65.5 Å². The van der Waals surface area contributed by atoms with E-state index in [4.69, 9.17) is 20.7 Å². The number of benzene rings is 3. The summed E-state index contributed by atoms with van der Waals surface area (Å²) < 4.78 is -1.70. The number of likely N-dealkylation sites (N-methyl/N-ethyl adjacent to an activating group) is 4. The summed E-state index contributed by atoms with van der Waals surface area (Å²) in [5.41, 5.74) is 4.82. The molecule has 3 aromatic rings. The molecule has 9 saturated carbocycles. The summed E-state index contributed by atoms with van der Waals surface area (Å²) in [6, 6.07) is 39.4. The maximum Gasteiger partial charge on any atom is 1.00 e. The maximum atomic E-state index is 13.6. The minimum Gasteiger partial charge on any atom is -0.870 e. The number of hydroxylamine groups is 12. The number of quaternary nitrogens is 4. The number of hydrogen-bond acceptors (Lipinski definition) is 16. The van der Waals surface area contributed by atoms with E-state index in [1.807, 2.05) is 59.5 Å². The van der Waals surface area contributed by atoms with Crippen molar-refractivity contribution in [1.29, 1.82) is 21.0 Å². The quantitative estimate of drug-likeness (QED) is 0.0238. The molecule has 0 aromatic heterocycles. The Labute approximate surface area is 908 Å². The number of aliphatic hydroxyl groups excluding tert-OH is 2. The van der Waals surface area contributed by atoms with Gasteiger partial charge in [0.15, 0.2) is 0 Å². The predicted octanol–water partition coefficient (Wildman–Crippen LogP) is 23.1. The summed E-state index contributed by atoms with van der Waals surface area (Å²) in [6.07, 6.45) is 72.2. The number of hydrogen-bond donors (Lipinski definition) is 4. The van der Waals surface area contributed by atoms with E-state index in [0.29, 0.717) is 94.8 Å². The Hall–Kier alpha value is -5.89. The van der Waals surface area contributed by atoms with Crippen LogP contribution in [0.5, 0.6) is 0 Å². The third-order valence-corrected chi connectivity index (χ3v) is 32.3. The number of carboxylic acid groups (broad SMARTS) is 2. The molecular formula is C118H193KN10O14. The first-order valence-electron chi connectivity index (χ1n) is 55.9. The molecule has 0 bridgehead atoms. The molecule has 143 heavy (non-hydrogen) atoms. The zero-order valence-corrected chi connectivity index (χ0v) is 94.0. The monoisotopic (exact) mass is 2010 g/mol. The zero-order valence-electron chi connectivity index (χ0n) is 90.9. The fourth-order valence-corrected chi connectivity index (χ4v) is 24.0. The van der Waals surface area contributed by atoms with E-state index in [-0.39, 0.29) is 115 Å². The number of aliphatic carboxylic acids is 2. The molecule has 3 aromatic carbocycles. The van der Waals surface area contributed by atoms with Crippen molar-refractivity contribution in [2.45, 2.75) is 421 Å². The van der Waals surface area contributed by atoms with Crippen LogP contribution < -0.4 is 51.4 Å². The Balaban J connectivity index is 0.000000436. The normalized spacial score (nSPS) is 19.9. The molecule has 0 aliphatic heterocycles. The summed E-state index contributed by atoms with van der Waals surface area (Å²) in [5.74, 6) is 0.307.